The van der Waals surface area contributed by atoms with E-state index in [1.807, 2.05) is 30.3 Å². The van der Waals surface area contributed by atoms with E-state index < -0.39 is 0 Å². The predicted octanol–water partition coefficient (Wildman–Crippen LogP) is 3.06. The first-order chi connectivity index (χ1) is 10.2. The minimum absolute atomic E-state index is 0.163. The zero-order valence-electron chi connectivity index (χ0n) is 11.5. The quantitative estimate of drug-likeness (QED) is 0.748. The monoisotopic (exact) mass is 278 g/mol. The second-order valence-electron chi connectivity index (χ2n) is 4.66. The summed E-state index contributed by atoms with van der Waals surface area (Å²) >= 11 is 0. The van der Waals surface area contributed by atoms with Crippen LogP contribution in [0.2, 0.25) is 0 Å². The van der Waals surface area contributed by atoms with Gasteiger partial charge in [-0.1, -0.05) is 30.3 Å². The number of carbonyl (C=O) groups excluding carboxylic acids is 1. The average Bonchev–Trinajstić information content (AvgIpc) is 2.53. The first-order valence-electron chi connectivity index (χ1n) is 6.52. The highest BCUT2D eigenvalue weighted by atomic mass is 16.5. The molecule has 4 heteroatoms. The highest BCUT2D eigenvalue weighted by Gasteiger charge is 2.19. The van der Waals surface area contributed by atoms with Crippen molar-refractivity contribution in [2.24, 2.45) is 0 Å². The Morgan fingerprint density at radius 2 is 1.95 bits per heavy atom. The van der Waals surface area contributed by atoms with Gasteiger partial charge in [-0.2, -0.15) is 0 Å². The molecule has 4 nitrogen and oxygen atoms in total. The van der Waals surface area contributed by atoms with Crippen LogP contribution >= 0.6 is 0 Å². The molecule has 0 radical (unpaired) electrons. The van der Waals surface area contributed by atoms with Gasteiger partial charge in [-0.05, 0) is 22.9 Å². The summed E-state index contributed by atoms with van der Waals surface area (Å²) in [7, 11) is 1.55. The van der Waals surface area contributed by atoms with Crippen LogP contribution in [0.15, 0.2) is 54.9 Å². The van der Waals surface area contributed by atoms with Crippen molar-refractivity contribution in [3.63, 3.8) is 0 Å². The number of fused-ring (bicyclic) bond motifs is 1. The van der Waals surface area contributed by atoms with Gasteiger partial charge in [0, 0.05) is 11.8 Å². The smallest absolute Gasteiger partial charge is 0.199 e. The first-order valence-corrected chi connectivity index (χ1v) is 6.52. The van der Waals surface area contributed by atoms with E-state index in [1.54, 1.807) is 25.4 Å². The number of nitrogen functional groups attached to an aromatic ring is 1. The second-order valence-corrected chi connectivity index (χ2v) is 4.66. The third-order valence-electron chi connectivity index (χ3n) is 3.43. The molecule has 1 aromatic heterocycles. The van der Waals surface area contributed by atoms with Gasteiger partial charge in [0.25, 0.3) is 0 Å². The van der Waals surface area contributed by atoms with E-state index in [1.165, 1.54) is 6.20 Å². The Labute approximate surface area is 122 Å². The molecule has 1 heterocycles. The van der Waals surface area contributed by atoms with Crippen molar-refractivity contribution in [1.29, 1.82) is 0 Å². The summed E-state index contributed by atoms with van der Waals surface area (Å²) in [5.41, 5.74) is 7.18. The summed E-state index contributed by atoms with van der Waals surface area (Å²) in [5, 5.41) is 1.83. The van der Waals surface area contributed by atoms with Gasteiger partial charge in [0.2, 0.25) is 0 Å². The Morgan fingerprint density at radius 1 is 1.14 bits per heavy atom. The molecule has 0 atom stereocenters. The third kappa shape index (κ3) is 2.21. The number of methoxy groups -OCH3 is 1. The number of nitrogens with two attached hydrogens (primary N) is 1. The highest BCUT2D eigenvalue weighted by molar-refractivity contribution is 6.20. The van der Waals surface area contributed by atoms with Gasteiger partial charge in [0.05, 0.1) is 24.6 Å². The summed E-state index contributed by atoms with van der Waals surface area (Å²) in [6, 6.07) is 13.1. The lowest BCUT2D eigenvalue weighted by Crippen LogP contribution is -2.08. The summed E-state index contributed by atoms with van der Waals surface area (Å²) in [6.45, 7) is 0. The van der Waals surface area contributed by atoms with Gasteiger partial charge in [0.15, 0.2) is 5.78 Å². The molecule has 0 saturated heterocycles. The molecule has 2 aromatic carbocycles. The largest absolute Gasteiger partial charge is 0.496 e. The highest BCUT2D eigenvalue weighted by Crippen LogP contribution is 2.31. The Hall–Kier alpha value is -2.88. The molecule has 2 N–H and O–H groups in total. The van der Waals surface area contributed by atoms with Crippen LogP contribution in [0.5, 0.6) is 5.75 Å². The summed E-state index contributed by atoms with van der Waals surface area (Å²) in [4.78, 5) is 16.8. The van der Waals surface area contributed by atoms with Crippen molar-refractivity contribution in [3.05, 3.63) is 66.0 Å². The number of carbonyl (C=O) groups is 1. The topological polar surface area (TPSA) is 65.2 Å². The molecular weight excluding hydrogens is 264 g/mol. The van der Waals surface area contributed by atoms with E-state index in [2.05, 4.69) is 4.98 Å². The van der Waals surface area contributed by atoms with E-state index in [0.29, 0.717) is 22.6 Å². The number of rotatable bonds is 3. The SMILES string of the molecule is COc1ccc2ccccc2c1C(=O)c1ccncc1N. The number of nitrogens with zero attached hydrogens (tertiary/aromatic N) is 1. The lowest BCUT2D eigenvalue weighted by molar-refractivity contribution is 0.103. The minimum Gasteiger partial charge on any atom is -0.496 e. The molecule has 0 bridgehead atoms. The molecule has 0 aliphatic heterocycles. The minimum atomic E-state index is -0.163. The van der Waals surface area contributed by atoms with E-state index in [9.17, 15) is 4.79 Å². The maximum atomic E-state index is 12.9. The van der Waals surface area contributed by atoms with Crippen LogP contribution in [0.1, 0.15) is 15.9 Å². The van der Waals surface area contributed by atoms with Crippen molar-refractivity contribution < 1.29 is 9.53 Å². The van der Waals surface area contributed by atoms with Gasteiger partial charge in [0.1, 0.15) is 5.75 Å². The molecule has 3 aromatic rings. The standard InChI is InChI=1S/C17H14N2O2/c1-21-15-7-6-11-4-2-3-5-12(11)16(15)17(20)13-8-9-19-10-14(13)18/h2-10H,18H2,1H3. The van der Waals surface area contributed by atoms with Crippen molar-refractivity contribution >= 4 is 22.2 Å². The summed E-state index contributed by atoms with van der Waals surface area (Å²) in [5.74, 6) is 0.374. The molecule has 0 amide bonds. The summed E-state index contributed by atoms with van der Waals surface area (Å²) < 4.78 is 5.36. The Kier molecular flexibility index (Phi) is 3.28. The fourth-order valence-corrected chi connectivity index (χ4v) is 2.40. The van der Waals surface area contributed by atoms with Gasteiger partial charge >= 0.3 is 0 Å². The van der Waals surface area contributed by atoms with Gasteiger partial charge in [-0.3, -0.25) is 9.78 Å². The van der Waals surface area contributed by atoms with Crippen molar-refractivity contribution in [2.75, 3.05) is 12.8 Å². The zero-order chi connectivity index (χ0) is 14.8. The molecule has 0 unspecified atom stereocenters. The fourth-order valence-electron chi connectivity index (χ4n) is 2.40. The predicted molar refractivity (Wildman–Crippen MR) is 82.6 cm³/mol. The number of pyridine rings is 1. The Balaban J connectivity index is 2.28. The van der Waals surface area contributed by atoms with Crippen molar-refractivity contribution in [1.82, 2.24) is 4.98 Å². The number of ketones is 1. The number of benzene rings is 2. The number of aromatic nitrogens is 1. The number of hydrogen-bond acceptors (Lipinski definition) is 4. The van der Waals surface area contributed by atoms with Crippen LogP contribution in [0.3, 0.4) is 0 Å². The fraction of sp³-hybridized carbons (Fsp3) is 0.0588. The maximum Gasteiger partial charge on any atom is 0.199 e. The lowest BCUT2D eigenvalue weighted by atomic mass is 9.96. The molecule has 0 saturated carbocycles. The van der Waals surface area contributed by atoms with Crippen LogP contribution in [0, 0.1) is 0 Å². The Bertz CT molecular complexity index is 828. The van der Waals surface area contributed by atoms with E-state index in [-0.39, 0.29) is 5.78 Å². The van der Waals surface area contributed by atoms with Gasteiger partial charge in [-0.25, -0.2) is 0 Å². The third-order valence-corrected chi connectivity index (χ3v) is 3.43. The van der Waals surface area contributed by atoms with Crippen molar-refractivity contribution in [2.45, 2.75) is 0 Å². The Morgan fingerprint density at radius 3 is 2.71 bits per heavy atom. The van der Waals surface area contributed by atoms with E-state index >= 15 is 0 Å². The van der Waals surface area contributed by atoms with E-state index in [4.69, 9.17) is 10.5 Å². The molecule has 0 aliphatic rings. The molecule has 0 fully saturated rings. The van der Waals surface area contributed by atoms with Crippen LogP contribution in [-0.4, -0.2) is 17.9 Å². The molecule has 21 heavy (non-hydrogen) atoms. The second kappa shape index (κ2) is 5.25. The first kappa shape index (κ1) is 13.1. The molecule has 3 rings (SSSR count). The number of ether oxygens (including phenoxy) is 1. The lowest BCUT2D eigenvalue weighted by Gasteiger charge is -2.12. The van der Waals surface area contributed by atoms with Crippen molar-refractivity contribution in [3.8, 4) is 5.75 Å². The van der Waals surface area contributed by atoms with Crippen LogP contribution in [0.4, 0.5) is 5.69 Å². The summed E-state index contributed by atoms with van der Waals surface area (Å²) in [6.07, 6.45) is 3.03. The average molecular weight is 278 g/mol. The molecular formula is C17H14N2O2. The van der Waals surface area contributed by atoms with Crippen LogP contribution < -0.4 is 10.5 Å². The molecule has 0 aliphatic carbocycles. The maximum absolute atomic E-state index is 12.9. The van der Waals surface area contributed by atoms with Crippen LogP contribution in [0.25, 0.3) is 10.8 Å². The molecule has 104 valence electrons. The normalized spacial score (nSPS) is 10.5. The van der Waals surface area contributed by atoms with Crippen LogP contribution in [-0.2, 0) is 0 Å². The van der Waals surface area contributed by atoms with E-state index in [0.717, 1.165) is 10.8 Å². The molecule has 0 spiro atoms. The van der Waals surface area contributed by atoms with Gasteiger partial charge < -0.3 is 10.5 Å². The number of anilines is 1. The van der Waals surface area contributed by atoms with Gasteiger partial charge in [-0.15, -0.1) is 0 Å². The zero-order valence-corrected chi connectivity index (χ0v) is 11.5. The number of hydrogen-bond donors (Lipinski definition) is 1.